The van der Waals surface area contributed by atoms with Crippen molar-refractivity contribution in [2.75, 3.05) is 52.9 Å². The van der Waals surface area contributed by atoms with E-state index in [1.54, 1.807) is 0 Å². The van der Waals surface area contributed by atoms with Gasteiger partial charge in [0.15, 0.2) is 0 Å². The molecule has 1 atom stereocenters. The van der Waals surface area contributed by atoms with Gasteiger partial charge in [0.05, 0.1) is 0 Å². The van der Waals surface area contributed by atoms with Crippen LogP contribution in [-0.2, 0) is 0 Å². The van der Waals surface area contributed by atoms with E-state index >= 15 is 0 Å². The minimum atomic E-state index is 0.793. The molecular formula is C13H25N3. The fraction of sp³-hybridized carbons (Fsp3) is 0.846. The molecule has 2 rings (SSSR count). The first-order chi connectivity index (χ1) is 7.84. The van der Waals surface area contributed by atoms with Gasteiger partial charge >= 0.3 is 0 Å². The molecule has 2 fully saturated rings. The van der Waals surface area contributed by atoms with E-state index < -0.39 is 0 Å². The smallest absolute Gasteiger partial charge is 0.0164 e. The van der Waals surface area contributed by atoms with Crippen LogP contribution in [0.5, 0.6) is 0 Å². The molecule has 92 valence electrons. The van der Waals surface area contributed by atoms with Crippen molar-refractivity contribution in [3.8, 4) is 0 Å². The Kier molecular flexibility index (Phi) is 4.82. The molecule has 2 heterocycles. The van der Waals surface area contributed by atoms with E-state index in [0.29, 0.717) is 0 Å². The second-order valence-electron chi connectivity index (χ2n) is 5.14. The highest BCUT2D eigenvalue weighted by Gasteiger charge is 2.14. The predicted molar refractivity (Wildman–Crippen MR) is 68.7 cm³/mol. The molecule has 0 aliphatic carbocycles. The maximum Gasteiger partial charge on any atom is 0.0164 e. The highest BCUT2D eigenvalue weighted by Crippen LogP contribution is 2.15. The summed E-state index contributed by atoms with van der Waals surface area (Å²) >= 11 is 0. The van der Waals surface area contributed by atoms with Gasteiger partial charge in [-0.3, -0.25) is 4.90 Å². The Morgan fingerprint density at radius 2 is 2.06 bits per heavy atom. The molecule has 0 spiro atoms. The number of piperazine rings is 1. The third kappa shape index (κ3) is 3.89. The maximum atomic E-state index is 3.39. The van der Waals surface area contributed by atoms with Crippen LogP contribution in [0.25, 0.3) is 0 Å². The lowest BCUT2D eigenvalue weighted by Gasteiger charge is -2.28. The lowest BCUT2D eigenvalue weighted by molar-refractivity contribution is 0.235. The normalized spacial score (nSPS) is 29.9. The summed E-state index contributed by atoms with van der Waals surface area (Å²) in [6, 6.07) is 0. The van der Waals surface area contributed by atoms with Crippen molar-refractivity contribution in [2.45, 2.75) is 12.8 Å². The van der Waals surface area contributed by atoms with Crippen LogP contribution in [0, 0.1) is 5.92 Å². The average molecular weight is 223 g/mol. The molecule has 1 unspecified atom stereocenters. The summed E-state index contributed by atoms with van der Waals surface area (Å²) in [6.07, 6.45) is 7.56. The summed E-state index contributed by atoms with van der Waals surface area (Å²) in [7, 11) is 2.23. The van der Waals surface area contributed by atoms with Crippen LogP contribution in [0.4, 0.5) is 0 Å². The van der Waals surface area contributed by atoms with Crippen LogP contribution in [0.15, 0.2) is 12.2 Å². The molecule has 0 aromatic heterocycles. The zero-order chi connectivity index (χ0) is 11.2. The molecule has 3 heteroatoms. The number of hydrogen-bond acceptors (Lipinski definition) is 3. The van der Waals surface area contributed by atoms with Crippen LogP contribution < -0.4 is 5.32 Å². The molecule has 0 bridgehead atoms. The zero-order valence-corrected chi connectivity index (χ0v) is 10.5. The predicted octanol–water partition coefficient (Wildman–Crippen LogP) is 0.790. The largest absolute Gasteiger partial charge is 0.314 e. The molecule has 3 nitrogen and oxygen atoms in total. The fourth-order valence-electron chi connectivity index (χ4n) is 2.66. The van der Waals surface area contributed by atoms with E-state index in [1.807, 2.05) is 0 Å². The lowest BCUT2D eigenvalue weighted by atomic mass is 9.98. The number of hydrogen-bond donors (Lipinski definition) is 1. The third-order valence-corrected chi connectivity index (χ3v) is 3.64. The molecule has 0 aromatic rings. The second-order valence-corrected chi connectivity index (χ2v) is 5.14. The monoisotopic (exact) mass is 223 g/mol. The first kappa shape index (κ1) is 12.1. The zero-order valence-electron chi connectivity index (χ0n) is 10.5. The van der Waals surface area contributed by atoms with Crippen LogP contribution in [0.1, 0.15) is 12.8 Å². The van der Waals surface area contributed by atoms with Crippen LogP contribution in [0.2, 0.25) is 0 Å². The molecule has 1 N–H and O–H groups in total. The summed E-state index contributed by atoms with van der Waals surface area (Å²) in [5, 5.41) is 3.39. The van der Waals surface area contributed by atoms with Crippen LogP contribution >= 0.6 is 0 Å². The van der Waals surface area contributed by atoms with Gasteiger partial charge in [0, 0.05) is 39.3 Å². The topological polar surface area (TPSA) is 18.5 Å². The van der Waals surface area contributed by atoms with Gasteiger partial charge in [-0.2, -0.15) is 0 Å². The summed E-state index contributed by atoms with van der Waals surface area (Å²) in [5.74, 6) is 0.793. The Balaban J connectivity index is 1.67. The number of rotatable bonds is 3. The number of likely N-dealkylation sites (tertiary alicyclic amines) is 1. The molecule has 16 heavy (non-hydrogen) atoms. The van der Waals surface area contributed by atoms with Gasteiger partial charge in [-0.1, -0.05) is 12.2 Å². The summed E-state index contributed by atoms with van der Waals surface area (Å²) in [5.41, 5.74) is 0. The number of piperidine rings is 1. The highest BCUT2D eigenvalue weighted by atomic mass is 15.2. The Morgan fingerprint density at radius 3 is 2.81 bits per heavy atom. The summed E-state index contributed by atoms with van der Waals surface area (Å²) in [6.45, 7) is 8.38. The molecule has 2 aliphatic heterocycles. The van der Waals surface area contributed by atoms with Gasteiger partial charge in [0.2, 0.25) is 0 Å². The Labute approximate surface area is 99.5 Å². The van der Waals surface area contributed by atoms with Crippen molar-refractivity contribution < 1.29 is 0 Å². The minimum Gasteiger partial charge on any atom is -0.314 e. The Bertz CT molecular complexity index is 221. The van der Waals surface area contributed by atoms with E-state index in [4.69, 9.17) is 0 Å². The Morgan fingerprint density at radius 1 is 1.25 bits per heavy atom. The standard InChI is InChI=1S/C13H25N3/c1-15-8-2-4-13(12-15)5-3-9-16-10-6-14-7-11-16/h3,5,13-14H,2,4,6-12H2,1H3/b5-3-. The van der Waals surface area contributed by atoms with Crippen LogP contribution in [0.3, 0.4) is 0 Å². The quantitative estimate of drug-likeness (QED) is 0.714. The molecule has 0 radical (unpaired) electrons. The molecular weight excluding hydrogens is 198 g/mol. The van der Waals surface area contributed by atoms with Crippen molar-refractivity contribution in [2.24, 2.45) is 5.92 Å². The van der Waals surface area contributed by atoms with E-state index in [1.165, 1.54) is 39.0 Å². The Hall–Kier alpha value is -0.380. The molecule has 0 saturated carbocycles. The van der Waals surface area contributed by atoms with Gasteiger partial charge in [-0.25, -0.2) is 0 Å². The second kappa shape index (κ2) is 6.38. The molecule has 2 aliphatic rings. The van der Waals surface area contributed by atoms with Crippen molar-refractivity contribution in [1.29, 1.82) is 0 Å². The van der Waals surface area contributed by atoms with Crippen LogP contribution in [-0.4, -0.2) is 62.7 Å². The first-order valence-corrected chi connectivity index (χ1v) is 6.63. The fourth-order valence-corrected chi connectivity index (χ4v) is 2.66. The molecule has 0 amide bonds. The van der Waals surface area contributed by atoms with Gasteiger partial charge in [-0.15, -0.1) is 0 Å². The minimum absolute atomic E-state index is 0.793. The summed E-state index contributed by atoms with van der Waals surface area (Å²) in [4.78, 5) is 4.98. The van der Waals surface area contributed by atoms with E-state index in [0.717, 1.165) is 25.6 Å². The van der Waals surface area contributed by atoms with E-state index in [-0.39, 0.29) is 0 Å². The summed E-state index contributed by atoms with van der Waals surface area (Å²) < 4.78 is 0. The van der Waals surface area contributed by atoms with Gasteiger partial charge < -0.3 is 10.2 Å². The van der Waals surface area contributed by atoms with Crippen molar-refractivity contribution in [3.05, 3.63) is 12.2 Å². The van der Waals surface area contributed by atoms with Gasteiger partial charge in [0.25, 0.3) is 0 Å². The molecule has 2 saturated heterocycles. The highest BCUT2D eigenvalue weighted by molar-refractivity contribution is 4.93. The van der Waals surface area contributed by atoms with Gasteiger partial charge in [0.1, 0.15) is 0 Å². The van der Waals surface area contributed by atoms with E-state index in [2.05, 4.69) is 34.3 Å². The number of nitrogens with zero attached hydrogens (tertiary/aromatic N) is 2. The van der Waals surface area contributed by atoms with E-state index in [9.17, 15) is 0 Å². The lowest BCUT2D eigenvalue weighted by Crippen LogP contribution is -2.43. The molecule has 0 aromatic carbocycles. The van der Waals surface area contributed by atoms with Crippen molar-refractivity contribution >= 4 is 0 Å². The SMILES string of the molecule is CN1CCCC(/C=C\CN2CCNCC2)C1. The third-order valence-electron chi connectivity index (χ3n) is 3.64. The van der Waals surface area contributed by atoms with Crippen molar-refractivity contribution in [1.82, 2.24) is 15.1 Å². The van der Waals surface area contributed by atoms with Gasteiger partial charge in [-0.05, 0) is 32.4 Å². The number of nitrogens with one attached hydrogen (secondary N) is 1. The maximum absolute atomic E-state index is 3.39. The average Bonchev–Trinajstić information content (AvgIpc) is 2.30. The first-order valence-electron chi connectivity index (χ1n) is 6.63. The van der Waals surface area contributed by atoms with Crippen molar-refractivity contribution in [3.63, 3.8) is 0 Å².